The van der Waals surface area contributed by atoms with Gasteiger partial charge in [-0.3, -0.25) is 4.90 Å². The first-order valence-corrected chi connectivity index (χ1v) is 10.3. The first-order valence-electron chi connectivity index (χ1n) is 10.3. The largest absolute Gasteiger partial charge is 0.487 e. The Kier molecular flexibility index (Phi) is 4.41. The van der Waals surface area contributed by atoms with Crippen LogP contribution in [0.25, 0.3) is 10.9 Å². The zero-order valence-corrected chi connectivity index (χ0v) is 16.2. The minimum atomic E-state index is 0.622. The van der Waals surface area contributed by atoms with Gasteiger partial charge in [0.1, 0.15) is 12.4 Å². The standard InChI is InChI=1S/C24H28N2O/c1-25-23-7-3-2-6-21(23)22(16-26-14-4-5-15-26)24(25)17-27-20-12-10-19(11-13-20)18-8-9-18/h2-3,6-7,10-13,18H,4-5,8-9,14-17H2,1H3. The van der Waals surface area contributed by atoms with Crippen LogP contribution in [0, 0.1) is 0 Å². The molecule has 1 saturated carbocycles. The molecule has 1 aliphatic carbocycles. The molecule has 3 heteroatoms. The summed E-state index contributed by atoms with van der Waals surface area (Å²) in [7, 11) is 2.17. The van der Waals surface area contributed by atoms with E-state index >= 15 is 0 Å². The van der Waals surface area contributed by atoms with Gasteiger partial charge in [0.2, 0.25) is 0 Å². The van der Waals surface area contributed by atoms with Gasteiger partial charge in [-0.05, 0) is 74.0 Å². The van der Waals surface area contributed by atoms with Crippen molar-refractivity contribution in [2.75, 3.05) is 13.1 Å². The highest BCUT2D eigenvalue weighted by atomic mass is 16.5. The predicted molar refractivity (Wildman–Crippen MR) is 110 cm³/mol. The first kappa shape index (κ1) is 16.9. The quantitative estimate of drug-likeness (QED) is 0.599. The fourth-order valence-electron chi connectivity index (χ4n) is 4.45. The minimum Gasteiger partial charge on any atom is -0.487 e. The molecule has 1 saturated heterocycles. The van der Waals surface area contributed by atoms with E-state index in [0.29, 0.717) is 6.61 Å². The molecule has 0 spiro atoms. The summed E-state index contributed by atoms with van der Waals surface area (Å²) in [5.41, 5.74) is 5.50. The third kappa shape index (κ3) is 3.37. The fraction of sp³-hybridized carbons (Fsp3) is 0.417. The van der Waals surface area contributed by atoms with E-state index in [1.54, 1.807) is 0 Å². The van der Waals surface area contributed by atoms with Gasteiger partial charge >= 0.3 is 0 Å². The SMILES string of the molecule is Cn1c(COc2ccc(C3CC3)cc2)c(CN2CCCC2)c2ccccc21. The maximum absolute atomic E-state index is 6.22. The van der Waals surface area contributed by atoms with E-state index in [1.165, 1.54) is 66.5 Å². The lowest BCUT2D eigenvalue weighted by Crippen LogP contribution is -2.19. The number of rotatable bonds is 6. The summed E-state index contributed by atoms with van der Waals surface area (Å²) < 4.78 is 8.54. The number of aryl methyl sites for hydroxylation is 1. The molecule has 2 heterocycles. The number of ether oxygens (including phenoxy) is 1. The molecule has 0 atom stereocenters. The van der Waals surface area contributed by atoms with Crippen LogP contribution in [0.3, 0.4) is 0 Å². The molecule has 2 fully saturated rings. The normalized spacial score (nSPS) is 17.7. The number of fused-ring (bicyclic) bond motifs is 1. The Morgan fingerprint density at radius 3 is 2.44 bits per heavy atom. The summed E-state index contributed by atoms with van der Waals surface area (Å²) in [5.74, 6) is 1.76. The van der Waals surface area contributed by atoms with Crippen LogP contribution in [-0.2, 0) is 20.2 Å². The van der Waals surface area contributed by atoms with Crippen LogP contribution in [0.15, 0.2) is 48.5 Å². The number of nitrogens with zero attached hydrogens (tertiary/aromatic N) is 2. The molecule has 0 amide bonds. The van der Waals surface area contributed by atoms with E-state index in [-0.39, 0.29) is 0 Å². The number of likely N-dealkylation sites (tertiary alicyclic amines) is 1. The third-order valence-electron chi connectivity index (χ3n) is 6.23. The van der Waals surface area contributed by atoms with Crippen LogP contribution in [0.2, 0.25) is 0 Å². The lowest BCUT2D eigenvalue weighted by Gasteiger charge is -2.16. The average molecular weight is 361 g/mol. The molecule has 2 aliphatic rings. The molecular formula is C24H28N2O. The highest BCUT2D eigenvalue weighted by Gasteiger charge is 2.23. The average Bonchev–Trinajstić information content (AvgIpc) is 3.37. The highest BCUT2D eigenvalue weighted by Crippen LogP contribution is 2.40. The van der Waals surface area contributed by atoms with Gasteiger partial charge in [0.05, 0.1) is 5.69 Å². The van der Waals surface area contributed by atoms with Gasteiger partial charge in [0.25, 0.3) is 0 Å². The topological polar surface area (TPSA) is 17.4 Å². The van der Waals surface area contributed by atoms with Crippen LogP contribution in [0.4, 0.5) is 0 Å². The van der Waals surface area contributed by atoms with Gasteiger partial charge in [-0.25, -0.2) is 0 Å². The molecule has 0 unspecified atom stereocenters. The Labute approximate surface area is 161 Å². The van der Waals surface area contributed by atoms with Crippen molar-refractivity contribution in [3.8, 4) is 5.75 Å². The van der Waals surface area contributed by atoms with E-state index in [0.717, 1.165) is 18.2 Å². The van der Waals surface area contributed by atoms with Crippen molar-refractivity contribution in [3.05, 3.63) is 65.4 Å². The predicted octanol–water partition coefficient (Wildman–Crippen LogP) is 5.23. The van der Waals surface area contributed by atoms with E-state index in [1.807, 2.05) is 0 Å². The molecule has 2 aromatic carbocycles. The number of benzene rings is 2. The molecule has 3 nitrogen and oxygen atoms in total. The van der Waals surface area contributed by atoms with Crippen molar-refractivity contribution >= 4 is 10.9 Å². The van der Waals surface area contributed by atoms with Crippen LogP contribution in [0.1, 0.15) is 48.4 Å². The van der Waals surface area contributed by atoms with Crippen LogP contribution >= 0.6 is 0 Å². The molecule has 1 aromatic heterocycles. The molecule has 3 aromatic rings. The molecule has 0 bridgehead atoms. The van der Waals surface area contributed by atoms with Crippen molar-refractivity contribution < 1.29 is 4.74 Å². The Bertz CT molecular complexity index is 931. The highest BCUT2D eigenvalue weighted by molar-refractivity contribution is 5.85. The van der Waals surface area contributed by atoms with Crippen LogP contribution < -0.4 is 4.74 Å². The Hall–Kier alpha value is -2.26. The first-order chi connectivity index (χ1) is 13.3. The Morgan fingerprint density at radius 2 is 1.70 bits per heavy atom. The van der Waals surface area contributed by atoms with Gasteiger partial charge < -0.3 is 9.30 Å². The second-order valence-corrected chi connectivity index (χ2v) is 8.12. The number of hydrogen-bond acceptors (Lipinski definition) is 2. The second-order valence-electron chi connectivity index (χ2n) is 8.12. The summed E-state index contributed by atoms with van der Waals surface area (Å²) in [6.45, 7) is 4.08. The van der Waals surface area contributed by atoms with Crippen molar-refractivity contribution in [1.82, 2.24) is 9.47 Å². The zero-order chi connectivity index (χ0) is 18.2. The third-order valence-corrected chi connectivity index (χ3v) is 6.23. The molecule has 27 heavy (non-hydrogen) atoms. The monoisotopic (exact) mass is 360 g/mol. The Balaban J connectivity index is 1.41. The molecule has 0 N–H and O–H groups in total. The van der Waals surface area contributed by atoms with E-state index in [9.17, 15) is 0 Å². The lowest BCUT2D eigenvalue weighted by molar-refractivity contribution is 0.288. The van der Waals surface area contributed by atoms with Crippen molar-refractivity contribution in [2.45, 2.75) is 44.8 Å². The molecule has 0 radical (unpaired) electrons. The van der Waals surface area contributed by atoms with Gasteiger partial charge in [0.15, 0.2) is 0 Å². The van der Waals surface area contributed by atoms with Crippen molar-refractivity contribution in [3.63, 3.8) is 0 Å². The molecule has 140 valence electrons. The van der Waals surface area contributed by atoms with Crippen LogP contribution in [-0.4, -0.2) is 22.6 Å². The smallest absolute Gasteiger partial charge is 0.129 e. The number of hydrogen-bond donors (Lipinski definition) is 0. The molecule has 5 rings (SSSR count). The minimum absolute atomic E-state index is 0.622. The van der Waals surface area contributed by atoms with E-state index < -0.39 is 0 Å². The Morgan fingerprint density at radius 1 is 0.963 bits per heavy atom. The maximum atomic E-state index is 6.22. The van der Waals surface area contributed by atoms with Gasteiger partial charge in [0, 0.05) is 24.5 Å². The second kappa shape index (κ2) is 7.05. The summed E-state index contributed by atoms with van der Waals surface area (Å²) in [6.07, 6.45) is 5.33. The molecular weight excluding hydrogens is 332 g/mol. The summed E-state index contributed by atoms with van der Waals surface area (Å²) in [5, 5.41) is 1.37. The zero-order valence-electron chi connectivity index (χ0n) is 16.2. The van der Waals surface area contributed by atoms with E-state index in [2.05, 4.69) is 65.0 Å². The van der Waals surface area contributed by atoms with Gasteiger partial charge in [-0.1, -0.05) is 30.3 Å². The van der Waals surface area contributed by atoms with Crippen molar-refractivity contribution in [2.24, 2.45) is 7.05 Å². The van der Waals surface area contributed by atoms with Gasteiger partial charge in [-0.2, -0.15) is 0 Å². The van der Waals surface area contributed by atoms with Crippen molar-refractivity contribution in [1.29, 1.82) is 0 Å². The van der Waals surface area contributed by atoms with Crippen LogP contribution in [0.5, 0.6) is 5.75 Å². The maximum Gasteiger partial charge on any atom is 0.129 e. The number of para-hydroxylation sites is 1. The summed E-state index contributed by atoms with van der Waals surface area (Å²) in [6, 6.07) is 17.5. The van der Waals surface area contributed by atoms with Gasteiger partial charge in [-0.15, -0.1) is 0 Å². The fourth-order valence-corrected chi connectivity index (χ4v) is 4.45. The summed E-state index contributed by atoms with van der Waals surface area (Å²) in [4.78, 5) is 2.58. The van der Waals surface area contributed by atoms with E-state index in [4.69, 9.17) is 4.74 Å². The number of aromatic nitrogens is 1. The molecule has 1 aliphatic heterocycles. The lowest BCUT2D eigenvalue weighted by atomic mass is 10.1. The summed E-state index contributed by atoms with van der Waals surface area (Å²) >= 11 is 0.